The Morgan fingerprint density at radius 3 is 1.01 bits per heavy atom. The summed E-state index contributed by atoms with van der Waals surface area (Å²) >= 11 is 0. The van der Waals surface area contributed by atoms with Crippen LogP contribution in [0.3, 0.4) is 0 Å². The summed E-state index contributed by atoms with van der Waals surface area (Å²) in [7, 11) is 0. The van der Waals surface area contributed by atoms with E-state index in [4.69, 9.17) is 4.74 Å². The molecule has 0 aromatic rings. The highest BCUT2D eigenvalue weighted by atomic mass is 16.5. The summed E-state index contributed by atoms with van der Waals surface area (Å²) < 4.78 is 5.46. The zero-order valence-corrected chi connectivity index (χ0v) is 47.3. The fourth-order valence-electron chi connectivity index (χ4n) is 9.87. The van der Waals surface area contributed by atoms with Gasteiger partial charge < -0.3 is 20.3 Å². The first-order valence-corrected chi connectivity index (χ1v) is 31.6. The third kappa shape index (κ3) is 55.7. The molecule has 0 saturated carbocycles. The number of nitrogens with one attached hydrogen (secondary N) is 1. The van der Waals surface area contributed by atoms with Crippen LogP contribution in [0, 0.1) is 0 Å². The fourth-order valence-corrected chi connectivity index (χ4v) is 9.87. The van der Waals surface area contributed by atoms with Gasteiger partial charge in [-0.15, -0.1) is 0 Å². The second kappa shape index (κ2) is 59.9. The van der Waals surface area contributed by atoms with Crippen LogP contribution in [0.2, 0.25) is 0 Å². The van der Waals surface area contributed by atoms with Gasteiger partial charge in [-0.05, 0) is 77.0 Å². The Morgan fingerprint density at radius 1 is 0.386 bits per heavy atom. The molecule has 0 spiro atoms. The van der Waals surface area contributed by atoms with Crippen LogP contribution in [0.1, 0.15) is 348 Å². The van der Waals surface area contributed by atoms with Gasteiger partial charge in [0.2, 0.25) is 5.91 Å². The van der Waals surface area contributed by atoms with E-state index in [0.29, 0.717) is 25.9 Å². The molecule has 0 rings (SSSR count). The first-order chi connectivity index (χ1) is 34.5. The van der Waals surface area contributed by atoms with E-state index >= 15 is 0 Å². The zero-order valence-electron chi connectivity index (χ0n) is 47.3. The lowest BCUT2D eigenvalue weighted by Crippen LogP contribution is -2.45. The van der Waals surface area contributed by atoms with Crippen LogP contribution >= 0.6 is 0 Å². The Kier molecular flexibility index (Phi) is 58.5. The quantitative estimate of drug-likeness (QED) is 0.0321. The Hall–Kier alpha value is -1.66. The van der Waals surface area contributed by atoms with Crippen LogP contribution in [0.4, 0.5) is 0 Å². The highest BCUT2D eigenvalue weighted by molar-refractivity contribution is 5.76. The molecule has 414 valence electrons. The molecule has 2 unspecified atom stereocenters. The van der Waals surface area contributed by atoms with E-state index in [1.54, 1.807) is 0 Å². The molecule has 0 saturated heterocycles. The Bertz CT molecular complexity index is 1090. The molecule has 0 aliphatic rings. The van der Waals surface area contributed by atoms with Gasteiger partial charge in [-0.25, -0.2) is 0 Å². The van der Waals surface area contributed by atoms with Gasteiger partial charge in [-0.3, -0.25) is 9.59 Å². The molecule has 2 atom stereocenters. The van der Waals surface area contributed by atoms with E-state index in [9.17, 15) is 19.8 Å². The summed E-state index contributed by atoms with van der Waals surface area (Å²) in [5.41, 5.74) is 0. The average Bonchev–Trinajstić information content (AvgIpc) is 3.36. The number of hydrogen-bond acceptors (Lipinski definition) is 5. The number of carbonyl (C=O) groups excluding carboxylic acids is 2. The van der Waals surface area contributed by atoms with Gasteiger partial charge in [0, 0.05) is 12.8 Å². The highest BCUT2D eigenvalue weighted by Crippen LogP contribution is 2.18. The first-order valence-electron chi connectivity index (χ1n) is 31.6. The molecule has 6 heteroatoms. The second-order valence-corrected chi connectivity index (χ2v) is 21.7. The lowest BCUT2D eigenvalue weighted by atomic mass is 10.0. The van der Waals surface area contributed by atoms with Gasteiger partial charge in [0.1, 0.15) is 0 Å². The van der Waals surface area contributed by atoms with Crippen molar-refractivity contribution in [3.05, 3.63) is 24.3 Å². The molecule has 0 aliphatic carbocycles. The molecular weight excluding hydrogens is 863 g/mol. The van der Waals surface area contributed by atoms with Crippen LogP contribution in [0.25, 0.3) is 0 Å². The molecular formula is C64H123NO5. The van der Waals surface area contributed by atoms with Crippen LogP contribution in [0.15, 0.2) is 24.3 Å². The lowest BCUT2D eigenvalue weighted by Gasteiger charge is -2.22. The molecule has 0 aromatic heterocycles. The van der Waals surface area contributed by atoms with Gasteiger partial charge in [0.15, 0.2) is 0 Å². The topological polar surface area (TPSA) is 95.9 Å². The Morgan fingerprint density at radius 2 is 0.671 bits per heavy atom. The molecule has 70 heavy (non-hydrogen) atoms. The summed E-state index contributed by atoms with van der Waals surface area (Å²) in [4.78, 5) is 24.6. The predicted molar refractivity (Wildman–Crippen MR) is 306 cm³/mol. The summed E-state index contributed by atoms with van der Waals surface area (Å²) in [6, 6.07) is -0.564. The number of aliphatic hydroxyl groups excluding tert-OH is 2. The highest BCUT2D eigenvalue weighted by Gasteiger charge is 2.20. The van der Waals surface area contributed by atoms with Crippen LogP contribution in [-0.2, 0) is 14.3 Å². The maximum atomic E-state index is 12.5. The van der Waals surface area contributed by atoms with Crippen molar-refractivity contribution in [2.75, 3.05) is 13.2 Å². The third-order valence-electron chi connectivity index (χ3n) is 14.7. The Labute approximate surface area is 437 Å². The van der Waals surface area contributed by atoms with Crippen molar-refractivity contribution in [3.63, 3.8) is 0 Å². The number of allylic oxidation sites excluding steroid dienone is 4. The number of ether oxygens (including phenoxy) is 1. The van der Waals surface area contributed by atoms with E-state index in [2.05, 4.69) is 43.5 Å². The van der Waals surface area contributed by atoms with Gasteiger partial charge in [-0.2, -0.15) is 0 Å². The molecule has 0 bridgehead atoms. The van der Waals surface area contributed by atoms with Gasteiger partial charge >= 0.3 is 5.97 Å². The maximum Gasteiger partial charge on any atom is 0.305 e. The van der Waals surface area contributed by atoms with Crippen LogP contribution in [0.5, 0.6) is 0 Å². The normalized spacial score (nSPS) is 12.7. The third-order valence-corrected chi connectivity index (χ3v) is 14.7. The minimum absolute atomic E-state index is 0.0329. The lowest BCUT2D eigenvalue weighted by molar-refractivity contribution is -0.143. The Balaban J connectivity index is 3.48. The zero-order chi connectivity index (χ0) is 50.7. The number of rotatable bonds is 59. The van der Waals surface area contributed by atoms with Crippen molar-refractivity contribution in [3.8, 4) is 0 Å². The van der Waals surface area contributed by atoms with Crippen LogP contribution < -0.4 is 5.32 Å². The van der Waals surface area contributed by atoms with Crippen molar-refractivity contribution in [2.24, 2.45) is 0 Å². The monoisotopic (exact) mass is 986 g/mol. The van der Waals surface area contributed by atoms with E-state index in [1.807, 2.05) is 0 Å². The summed E-state index contributed by atoms with van der Waals surface area (Å²) in [6.07, 6.45) is 73.3. The van der Waals surface area contributed by atoms with Crippen molar-refractivity contribution in [1.82, 2.24) is 5.32 Å². The van der Waals surface area contributed by atoms with Crippen molar-refractivity contribution in [2.45, 2.75) is 360 Å². The number of aliphatic hydroxyl groups is 2. The van der Waals surface area contributed by atoms with Crippen molar-refractivity contribution < 1.29 is 24.5 Å². The molecule has 0 aromatic carbocycles. The average molecular weight is 987 g/mol. The van der Waals surface area contributed by atoms with E-state index < -0.39 is 12.1 Å². The van der Waals surface area contributed by atoms with Crippen molar-refractivity contribution in [1.29, 1.82) is 0 Å². The number of esters is 1. The standard InChI is InChI=1S/C64H123NO5/c1-3-5-7-9-11-13-15-17-19-21-23-24-25-26-27-28-29-31-33-36-40-44-48-52-56-62(67)61(60-66)65-63(68)57-53-49-45-41-37-35-39-43-47-51-55-59-70-64(69)58-54-50-46-42-38-34-32-30-22-20-18-16-14-12-10-8-6-4-2/h20,22,39,43,61-62,66-67H,3-19,21,23-38,40-42,44-60H2,1-2H3,(H,65,68)/b22-20-,43-39-. The molecule has 0 fully saturated rings. The number of unbranched alkanes of at least 4 members (excludes halogenated alkanes) is 44. The van der Waals surface area contributed by atoms with Gasteiger partial charge in [0.25, 0.3) is 0 Å². The number of amides is 1. The first kappa shape index (κ1) is 68.3. The smallest absolute Gasteiger partial charge is 0.305 e. The van der Waals surface area contributed by atoms with E-state index in [1.165, 1.54) is 231 Å². The number of hydrogen-bond donors (Lipinski definition) is 3. The summed E-state index contributed by atoms with van der Waals surface area (Å²) in [5.74, 6) is -0.0935. The number of carbonyl (C=O) groups is 2. The minimum atomic E-state index is -0.684. The largest absolute Gasteiger partial charge is 0.466 e. The molecule has 1 amide bonds. The fraction of sp³-hybridized carbons (Fsp3) is 0.906. The molecule has 0 heterocycles. The van der Waals surface area contributed by atoms with Crippen LogP contribution in [-0.4, -0.2) is 47.4 Å². The van der Waals surface area contributed by atoms with E-state index in [-0.39, 0.29) is 18.5 Å². The maximum absolute atomic E-state index is 12.5. The minimum Gasteiger partial charge on any atom is -0.466 e. The molecule has 0 aliphatic heterocycles. The molecule has 0 radical (unpaired) electrons. The predicted octanol–water partition coefficient (Wildman–Crippen LogP) is 19.8. The second-order valence-electron chi connectivity index (χ2n) is 21.7. The summed E-state index contributed by atoms with van der Waals surface area (Å²) in [6.45, 7) is 4.90. The van der Waals surface area contributed by atoms with Crippen molar-refractivity contribution >= 4 is 11.9 Å². The molecule has 3 N–H and O–H groups in total. The van der Waals surface area contributed by atoms with E-state index in [0.717, 1.165) is 83.5 Å². The van der Waals surface area contributed by atoms with Gasteiger partial charge in [0.05, 0.1) is 25.4 Å². The van der Waals surface area contributed by atoms with Gasteiger partial charge in [-0.1, -0.05) is 282 Å². The summed E-state index contributed by atoms with van der Waals surface area (Å²) in [5, 5.41) is 23.4. The SMILES string of the molecule is CCCCCCCCC/C=C\CCCCCCCCCC(=O)OCCCC/C=C\CCCCCCCC(=O)NC(CO)C(O)CCCCCCCCCCCCCCCCCCCCCCCCCC. The molecule has 6 nitrogen and oxygen atoms in total.